The Morgan fingerprint density at radius 3 is 2.48 bits per heavy atom. The molecule has 0 aliphatic rings. The van der Waals surface area contributed by atoms with E-state index in [1.165, 1.54) is 10.6 Å². The molecule has 114 valence electrons. The van der Waals surface area contributed by atoms with E-state index in [4.69, 9.17) is 10.4 Å². The molecule has 23 heavy (non-hydrogen) atoms. The topological polar surface area (TPSA) is 98.9 Å². The zero-order chi connectivity index (χ0) is 16.4. The van der Waals surface area contributed by atoms with Crippen molar-refractivity contribution in [2.75, 3.05) is 0 Å². The minimum absolute atomic E-state index is 0.0273. The van der Waals surface area contributed by atoms with Gasteiger partial charge in [0, 0.05) is 6.20 Å². The minimum Gasteiger partial charge on any atom is -0.392 e. The molecule has 6 heteroatoms. The fourth-order valence-corrected chi connectivity index (χ4v) is 2.39. The molecule has 0 fully saturated rings. The first-order valence-corrected chi connectivity index (χ1v) is 6.97. The number of aromatic nitrogens is 2. The van der Waals surface area contributed by atoms with Gasteiger partial charge in [0.25, 0.3) is 11.1 Å². The van der Waals surface area contributed by atoms with Crippen LogP contribution in [0.2, 0.25) is 0 Å². The zero-order valence-corrected chi connectivity index (χ0v) is 12.1. The van der Waals surface area contributed by atoms with Crippen molar-refractivity contribution in [1.29, 1.82) is 5.26 Å². The summed E-state index contributed by atoms with van der Waals surface area (Å²) in [6, 6.07) is 12.0. The van der Waals surface area contributed by atoms with Gasteiger partial charge >= 0.3 is 0 Å². The van der Waals surface area contributed by atoms with Gasteiger partial charge in [-0.2, -0.15) is 5.26 Å². The van der Waals surface area contributed by atoms with Crippen molar-refractivity contribution in [3.8, 4) is 6.07 Å². The van der Waals surface area contributed by atoms with Crippen LogP contribution in [0.3, 0.4) is 0 Å². The Morgan fingerprint density at radius 1 is 1.13 bits per heavy atom. The SMILES string of the molecule is N#Cc1cc2c(=O)n(Cc3ccc(CO)cc3)ccc2[nH]c1=O. The molecule has 0 saturated carbocycles. The normalized spacial score (nSPS) is 10.6. The largest absolute Gasteiger partial charge is 0.392 e. The number of rotatable bonds is 3. The molecule has 0 amide bonds. The fraction of sp³-hybridized carbons (Fsp3) is 0.118. The number of nitrogens with one attached hydrogen (secondary N) is 1. The molecule has 2 aromatic heterocycles. The molecule has 2 heterocycles. The van der Waals surface area contributed by atoms with Crippen LogP contribution >= 0.6 is 0 Å². The van der Waals surface area contributed by atoms with E-state index in [1.807, 2.05) is 12.1 Å². The van der Waals surface area contributed by atoms with E-state index in [-0.39, 0.29) is 17.7 Å². The van der Waals surface area contributed by atoms with E-state index in [1.54, 1.807) is 30.5 Å². The predicted molar refractivity (Wildman–Crippen MR) is 85.0 cm³/mol. The molecule has 0 saturated heterocycles. The molecule has 3 rings (SSSR count). The van der Waals surface area contributed by atoms with Gasteiger partial charge in [-0.25, -0.2) is 0 Å². The quantitative estimate of drug-likeness (QED) is 0.757. The average molecular weight is 307 g/mol. The van der Waals surface area contributed by atoms with Crippen LogP contribution in [0.25, 0.3) is 10.9 Å². The van der Waals surface area contributed by atoms with Gasteiger partial charge in [-0.15, -0.1) is 0 Å². The number of nitriles is 1. The molecule has 0 atom stereocenters. The fourth-order valence-electron chi connectivity index (χ4n) is 2.39. The van der Waals surface area contributed by atoms with Crippen LogP contribution < -0.4 is 11.1 Å². The summed E-state index contributed by atoms with van der Waals surface area (Å²) < 4.78 is 1.51. The number of aliphatic hydroxyl groups is 1. The number of aliphatic hydroxyl groups excluding tert-OH is 1. The molecule has 2 N–H and O–H groups in total. The highest BCUT2D eigenvalue weighted by atomic mass is 16.3. The van der Waals surface area contributed by atoms with Crippen LogP contribution in [0.15, 0.2) is 52.2 Å². The number of aromatic amines is 1. The predicted octanol–water partition coefficient (Wildman–Crippen LogP) is 1.10. The van der Waals surface area contributed by atoms with E-state index >= 15 is 0 Å². The van der Waals surface area contributed by atoms with Crippen molar-refractivity contribution in [3.05, 3.63) is 80.0 Å². The van der Waals surface area contributed by atoms with Gasteiger partial charge in [-0.3, -0.25) is 9.59 Å². The third-order valence-electron chi connectivity index (χ3n) is 3.66. The van der Waals surface area contributed by atoms with Gasteiger partial charge in [-0.1, -0.05) is 24.3 Å². The number of hydrogen-bond acceptors (Lipinski definition) is 4. The van der Waals surface area contributed by atoms with Gasteiger partial charge < -0.3 is 14.7 Å². The van der Waals surface area contributed by atoms with E-state index in [0.29, 0.717) is 17.4 Å². The van der Waals surface area contributed by atoms with Crippen LogP contribution in [-0.2, 0) is 13.2 Å². The Balaban J connectivity index is 2.06. The standard InChI is InChI=1S/C17H13N3O3/c18-8-13-7-14-15(19-16(13)22)5-6-20(17(14)23)9-11-1-3-12(10-21)4-2-11/h1-7,21H,9-10H2,(H,19,22). The molecular formula is C17H13N3O3. The maximum Gasteiger partial charge on any atom is 0.266 e. The zero-order valence-electron chi connectivity index (χ0n) is 12.1. The molecule has 1 aromatic carbocycles. The second-order valence-electron chi connectivity index (χ2n) is 5.17. The molecule has 0 radical (unpaired) electrons. The Hall–Kier alpha value is -3.17. The van der Waals surface area contributed by atoms with E-state index in [2.05, 4.69) is 4.98 Å². The molecule has 6 nitrogen and oxygen atoms in total. The lowest BCUT2D eigenvalue weighted by Gasteiger charge is -2.08. The maximum atomic E-state index is 12.5. The van der Waals surface area contributed by atoms with E-state index < -0.39 is 5.56 Å². The number of fused-ring (bicyclic) bond motifs is 1. The molecular weight excluding hydrogens is 294 g/mol. The van der Waals surface area contributed by atoms with Crippen LogP contribution in [0.5, 0.6) is 0 Å². The Bertz CT molecular complexity index is 1020. The van der Waals surface area contributed by atoms with Crippen molar-refractivity contribution in [2.45, 2.75) is 13.2 Å². The summed E-state index contributed by atoms with van der Waals surface area (Å²) in [6.07, 6.45) is 1.60. The highest BCUT2D eigenvalue weighted by Gasteiger charge is 2.08. The highest BCUT2D eigenvalue weighted by molar-refractivity contribution is 5.78. The molecule has 0 aliphatic carbocycles. The first-order chi connectivity index (χ1) is 11.1. The summed E-state index contributed by atoms with van der Waals surface area (Å²) in [7, 11) is 0. The lowest BCUT2D eigenvalue weighted by Crippen LogP contribution is -2.22. The Morgan fingerprint density at radius 2 is 1.83 bits per heavy atom. The maximum absolute atomic E-state index is 12.5. The lowest BCUT2D eigenvalue weighted by atomic mass is 10.1. The monoisotopic (exact) mass is 307 g/mol. The lowest BCUT2D eigenvalue weighted by molar-refractivity contribution is 0.282. The van der Waals surface area contributed by atoms with Gasteiger partial charge in [0.2, 0.25) is 0 Å². The Labute approximate surface area is 130 Å². The second-order valence-corrected chi connectivity index (χ2v) is 5.17. The van der Waals surface area contributed by atoms with Crippen molar-refractivity contribution in [2.24, 2.45) is 0 Å². The third kappa shape index (κ3) is 2.78. The molecule has 0 spiro atoms. The summed E-state index contributed by atoms with van der Waals surface area (Å²) in [5, 5.41) is 18.3. The van der Waals surface area contributed by atoms with Crippen molar-refractivity contribution >= 4 is 10.9 Å². The van der Waals surface area contributed by atoms with E-state index in [9.17, 15) is 9.59 Å². The van der Waals surface area contributed by atoms with Gasteiger partial charge in [-0.05, 0) is 23.3 Å². The van der Waals surface area contributed by atoms with Crippen molar-refractivity contribution < 1.29 is 5.11 Å². The van der Waals surface area contributed by atoms with E-state index in [0.717, 1.165) is 11.1 Å². The van der Waals surface area contributed by atoms with Crippen LogP contribution in [0, 0.1) is 11.3 Å². The van der Waals surface area contributed by atoms with Crippen LogP contribution in [0.1, 0.15) is 16.7 Å². The Kier molecular flexibility index (Phi) is 3.79. The smallest absolute Gasteiger partial charge is 0.266 e. The summed E-state index contributed by atoms with van der Waals surface area (Å²) >= 11 is 0. The molecule has 3 aromatic rings. The number of nitrogens with zero attached hydrogens (tertiary/aromatic N) is 2. The summed E-state index contributed by atoms with van der Waals surface area (Å²) in [5.41, 5.74) is 1.26. The molecule has 0 aliphatic heterocycles. The first kappa shape index (κ1) is 14.8. The summed E-state index contributed by atoms with van der Waals surface area (Å²) in [5.74, 6) is 0. The van der Waals surface area contributed by atoms with Crippen LogP contribution in [0.4, 0.5) is 0 Å². The van der Waals surface area contributed by atoms with Gasteiger partial charge in [0.05, 0.1) is 24.1 Å². The van der Waals surface area contributed by atoms with Crippen molar-refractivity contribution in [1.82, 2.24) is 9.55 Å². The summed E-state index contributed by atoms with van der Waals surface area (Å²) in [6.45, 7) is 0.335. The van der Waals surface area contributed by atoms with Gasteiger partial charge in [0.1, 0.15) is 11.6 Å². The second kappa shape index (κ2) is 5.91. The number of hydrogen-bond donors (Lipinski definition) is 2. The van der Waals surface area contributed by atoms with Crippen LogP contribution in [-0.4, -0.2) is 14.7 Å². The summed E-state index contributed by atoms with van der Waals surface area (Å²) in [4.78, 5) is 26.7. The number of benzene rings is 1. The van der Waals surface area contributed by atoms with Crippen molar-refractivity contribution in [3.63, 3.8) is 0 Å². The third-order valence-corrected chi connectivity index (χ3v) is 3.66. The minimum atomic E-state index is -0.503. The number of pyridine rings is 2. The first-order valence-electron chi connectivity index (χ1n) is 6.97. The average Bonchev–Trinajstić information content (AvgIpc) is 2.58. The molecule has 0 unspecified atom stereocenters. The van der Waals surface area contributed by atoms with Gasteiger partial charge in [0.15, 0.2) is 0 Å². The molecule has 0 bridgehead atoms. The highest BCUT2D eigenvalue weighted by Crippen LogP contribution is 2.09. The number of H-pyrrole nitrogens is 1.